The molecule has 32 heavy (non-hydrogen) atoms. The van der Waals surface area contributed by atoms with Gasteiger partial charge in [0.05, 0.1) is 5.69 Å². The third kappa shape index (κ3) is 4.86. The van der Waals surface area contributed by atoms with Gasteiger partial charge in [-0.15, -0.1) is 10.2 Å². The van der Waals surface area contributed by atoms with Gasteiger partial charge in [0.15, 0.2) is 11.9 Å². The summed E-state index contributed by atoms with van der Waals surface area (Å²) in [4.78, 5) is 16.9. The van der Waals surface area contributed by atoms with Crippen LogP contribution >= 0.6 is 11.6 Å². The van der Waals surface area contributed by atoms with Crippen molar-refractivity contribution in [2.75, 3.05) is 31.1 Å². The van der Waals surface area contributed by atoms with E-state index in [2.05, 4.69) is 15.1 Å². The fourth-order valence-corrected chi connectivity index (χ4v) is 3.90. The van der Waals surface area contributed by atoms with E-state index in [4.69, 9.17) is 16.3 Å². The second-order valence-electron chi connectivity index (χ2n) is 8.05. The molecule has 2 heterocycles. The zero-order valence-electron chi connectivity index (χ0n) is 18.6. The Labute approximate surface area is 193 Å². The van der Waals surface area contributed by atoms with E-state index in [0.717, 1.165) is 34.0 Å². The number of ether oxygens (including phenoxy) is 1. The van der Waals surface area contributed by atoms with Crippen LogP contribution in [0.5, 0.6) is 5.75 Å². The van der Waals surface area contributed by atoms with Crippen molar-refractivity contribution in [3.05, 3.63) is 70.7 Å². The van der Waals surface area contributed by atoms with Crippen LogP contribution in [0.25, 0.3) is 11.3 Å². The number of aryl methyl sites for hydroxylation is 1. The van der Waals surface area contributed by atoms with E-state index >= 15 is 0 Å². The summed E-state index contributed by atoms with van der Waals surface area (Å²) in [6, 6.07) is 17.4. The first-order chi connectivity index (χ1) is 15.4. The van der Waals surface area contributed by atoms with Crippen LogP contribution in [-0.2, 0) is 4.79 Å². The van der Waals surface area contributed by atoms with Gasteiger partial charge < -0.3 is 14.5 Å². The van der Waals surface area contributed by atoms with Gasteiger partial charge in [-0.25, -0.2) is 0 Å². The van der Waals surface area contributed by atoms with Gasteiger partial charge in [0.25, 0.3) is 5.91 Å². The Balaban J connectivity index is 1.33. The van der Waals surface area contributed by atoms with Crippen LogP contribution in [0.3, 0.4) is 0 Å². The number of amides is 1. The minimum Gasteiger partial charge on any atom is -0.481 e. The molecule has 1 unspecified atom stereocenters. The Morgan fingerprint density at radius 2 is 1.69 bits per heavy atom. The molecule has 0 bridgehead atoms. The van der Waals surface area contributed by atoms with Gasteiger partial charge in [-0.1, -0.05) is 35.9 Å². The minimum atomic E-state index is -0.527. The Morgan fingerprint density at radius 3 is 2.34 bits per heavy atom. The van der Waals surface area contributed by atoms with Crippen LogP contribution in [0.15, 0.2) is 54.6 Å². The third-order valence-corrected chi connectivity index (χ3v) is 6.16. The van der Waals surface area contributed by atoms with Gasteiger partial charge in [0, 0.05) is 36.8 Å². The largest absolute Gasteiger partial charge is 0.481 e. The van der Waals surface area contributed by atoms with Crippen molar-refractivity contribution < 1.29 is 9.53 Å². The van der Waals surface area contributed by atoms with Crippen LogP contribution in [-0.4, -0.2) is 53.3 Å². The summed E-state index contributed by atoms with van der Waals surface area (Å²) in [7, 11) is 0. The maximum absolute atomic E-state index is 12.9. The Hall–Kier alpha value is -3.12. The van der Waals surface area contributed by atoms with Crippen molar-refractivity contribution in [1.29, 1.82) is 0 Å². The molecule has 3 aromatic rings. The van der Waals surface area contributed by atoms with E-state index in [9.17, 15) is 4.79 Å². The number of halogens is 1. The molecule has 1 fully saturated rings. The summed E-state index contributed by atoms with van der Waals surface area (Å²) in [5.74, 6) is 1.59. The summed E-state index contributed by atoms with van der Waals surface area (Å²) >= 11 is 5.95. The van der Waals surface area contributed by atoms with Crippen LogP contribution in [0.4, 0.5) is 5.82 Å². The summed E-state index contributed by atoms with van der Waals surface area (Å²) in [5.41, 5.74) is 4.00. The van der Waals surface area contributed by atoms with E-state index in [0.29, 0.717) is 31.2 Å². The molecule has 1 saturated heterocycles. The molecular weight excluding hydrogens is 424 g/mol. The molecule has 0 spiro atoms. The number of anilines is 1. The smallest absolute Gasteiger partial charge is 0.263 e. The lowest BCUT2D eigenvalue weighted by atomic mass is 10.1. The highest BCUT2D eigenvalue weighted by Gasteiger charge is 2.27. The highest BCUT2D eigenvalue weighted by Crippen LogP contribution is 2.23. The van der Waals surface area contributed by atoms with Crippen LogP contribution in [0, 0.1) is 13.8 Å². The topological polar surface area (TPSA) is 58.6 Å². The first kappa shape index (κ1) is 22.1. The summed E-state index contributed by atoms with van der Waals surface area (Å²) < 4.78 is 5.98. The van der Waals surface area contributed by atoms with E-state index in [-0.39, 0.29) is 5.91 Å². The summed E-state index contributed by atoms with van der Waals surface area (Å²) in [6.45, 7) is 8.53. The molecule has 6 nitrogen and oxygen atoms in total. The third-order valence-electron chi connectivity index (χ3n) is 5.91. The molecule has 1 amide bonds. The zero-order chi connectivity index (χ0) is 22.7. The van der Waals surface area contributed by atoms with Crippen LogP contribution in [0.1, 0.15) is 18.1 Å². The predicted molar refractivity (Wildman–Crippen MR) is 127 cm³/mol. The number of nitrogens with zero attached hydrogens (tertiary/aromatic N) is 4. The number of piperazine rings is 1. The van der Waals surface area contributed by atoms with Gasteiger partial charge in [-0.2, -0.15) is 0 Å². The Kier molecular flexibility index (Phi) is 6.61. The van der Waals surface area contributed by atoms with Gasteiger partial charge in [0.1, 0.15) is 5.75 Å². The molecule has 1 aliphatic heterocycles. The van der Waals surface area contributed by atoms with Crippen molar-refractivity contribution >= 4 is 23.3 Å². The number of aromatic nitrogens is 2. The molecular formula is C25H27ClN4O2. The fourth-order valence-electron chi connectivity index (χ4n) is 3.77. The maximum Gasteiger partial charge on any atom is 0.263 e. The van der Waals surface area contributed by atoms with Crippen molar-refractivity contribution in [1.82, 2.24) is 15.1 Å². The average molecular weight is 451 g/mol. The van der Waals surface area contributed by atoms with Gasteiger partial charge in [-0.3, -0.25) is 4.79 Å². The van der Waals surface area contributed by atoms with Crippen molar-refractivity contribution in [2.45, 2.75) is 26.9 Å². The van der Waals surface area contributed by atoms with Crippen LogP contribution in [0.2, 0.25) is 5.02 Å². The van der Waals surface area contributed by atoms with E-state index in [1.807, 2.05) is 80.3 Å². The SMILES string of the molecule is Cc1cccc(OC(C)C(=O)N2CCN(c3ccc(-c4ccc(Cl)cc4)nn3)CC2)c1C. The van der Waals surface area contributed by atoms with Gasteiger partial charge in [0.2, 0.25) is 0 Å². The highest BCUT2D eigenvalue weighted by atomic mass is 35.5. The van der Waals surface area contributed by atoms with Gasteiger partial charge in [-0.05, 0) is 62.2 Å². The standard InChI is InChI=1S/C25H27ClN4O2/c1-17-5-4-6-23(18(17)2)32-19(3)25(31)30-15-13-29(14-16-30)24-12-11-22(27-28-24)20-7-9-21(26)10-8-20/h4-12,19H,13-16H2,1-3H3. The minimum absolute atomic E-state index is 0.00901. The molecule has 0 radical (unpaired) electrons. The molecule has 166 valence electrons. The summed E-state index contributed by atoms with van der Waals surface area (Å²) in [6.07, 6.45) is -0.527. The number of carbonyl (C=O) groups excluding carboxylic acids is 1. The first-order valence-corrected chi connectivity index (χ1v) is 11.2. The lowest BCUT2D eigenvalue weighted by Gasteiger charge is -2.36. The molecule has 0 aliphatic carbocycles. The predicted octanol–water partition coefficient (Wildman–Crippen LogP) is 4.53. The van der Waals surface area contributed by atoms with Crippen molar-refractivity contribution in [2.24, 2.45) is 0 Å². The number of rotatable bonds is 5. The Bertz CT molecular complexity index is 1080. The number of benzene rings is 2. The molecule has 2 aromatic carbocycles. The number of hydrogen-bond donors (Lipinski definition) is 0. The number of carbonyl (C=O) groups is 1. The van der Waals surface area contributed by atoms with E-state index in [1.165, 1.54) is 0 Å². The summed E-state index contributed by atoms with van der Waals surface area (Å²) in [5, 5.41) is 9.45. The molecule has 0 saturated carbocycles. The molecule has 1 aromatic heterocycles. The monoisotopic (exact) mass is 450 g/mol. The van der Waals surface area contributed by atoms with E-state index in [1.54, 1.807) is 0 Å². The zero-order valence-corrected chi connectivity index (χ0v) is 19.3. The van der Waals surface area contributed by atoms with Gasteiger partial charge >= 0.3 is 0 Å². The fraction of sp³-hybridized carbons (Fsp3) is 0.320. The Morgan fingerprint density at radius 1 is 0.969 bits per heavy atom. The second kappa shape index (κ2) is 9.57. The first-order valence-electron chi connectivity index (χ1n) is 10.8. The highest BCUT2D eigenvalue weighted by molar-refractivity contribution is 6.30. The average Bonchev–Trinajstić information content (AvgIpc) is 2.82. The lowest BCUT2D eigenvalue weighted by Crippen LogP contribution is -2.52. The van der Waals surface area contributed by atoms with Crippen molar-refractivity contribution in [3.63, 3.8) is 0 Å². The molecule has 4 rings (SSSR count). The molecule has 1 aliphatic rings. The maximum atomic E-state index is 12.9. The molecule has 1 atom stereocenters. The molecule has 7 heteroatoms. The second-order valence-corrected chi connectivity index (χ2v) is 8.49. The molecule has 0 N–H and O–H groups in total. The normalized spacial score (nSPS) is 14.9. The quantitative estimate of drug-likeness (QED) is 0.571. The number of hydrogen-bond acceptors (Lipinski definition) is 5. The van der Waals surface area contributed by atoms with E-state index < -0.39 is 6.10 Å². The lowest BCUT2D eigenvalue weighted by molar-refractivity contribution is -0.138. The van der Waals surface area contributed by atoms with Crippen molar-refractivity contribution in [3.8, 4) is 17.0 Å². The van der Waals surface area contributed by atoms with Crippen LogP contribution < -0.4 is 9.64 Å².